The first kappa shape index (κ1) is 19.1. The van der Waals surface area contributed by atoms with Gasteiger partial charge in [0.05, 0.1) is 6.26 Å². The van der Waals surface area contributed by atoms with Gasteiger partial charge in [-0.3, -0.25) is 4.79 Å². The number of thiophene rings is 1. The Bertz CT molecular complexity index is 894. The average molecular weight is 377 g/mol. The fraction of sp³-hybridized carbons (Fsp3) is 0.167. The SMILES string of the molecule is CS(=O)(=O)NC(Cc1csc2ccccc12)C(=O)O.c1ccccc1. The number of hydrogen-bond donors (Lipinski definition) is 2. The summed E-state index contributed by atoms with van der Waals surface area (Å²) < 4.78 is 25.5. The second-order valence-electron chi connectivity index (χ2n) is 5.40. The standard InChI is InChI=1S/C12H13NO4S2.C6H6/c1-19(16,17)13-10(12(14)15)6-8-7-18-11-5-3-2-4-9(8)11;1-2-4-6-5-3-1/h2-5,7,10,13H,6H2,1H3,(H,14,15);1-6H. The van der Waals surface area contributed by atoms with Gasteiger partial charge in [0.15, 0.2) is 0 Å². The molecule has 0 bridgehead atoms. The average Bonchev–Trinajstić information content (AvgIpc) is 2.98. The van der Waals surface area contributed by atoms with Gasteiger partial charge in [-0.15, -0.1) is 11.3 Å². The number of carboxylic acids is 1. The van der Waals surface area contributed by atoms with Gasteiger partial charge in [0.25, 0.3) is 0 Å². The number of rotatable bonds is 5. The smallest absolute Gasteiger partial charge is 0.322 e. The largest absolute Gasteiger partial charge is 0.480 e. The molecule has 7 heteroatoms. The molecule has 3 aromatic rings. The number of hydrogen-bond acceptors (Lipinski definition) is 4. The number of fused-ring (bicyclic) bond motifs is 1. The van der Waals surface area contributed by atoms with Crippen molar-refractivity contribution in [2.24, 2.45) is 0 Å². The van der Waals surface area contributed by atoms with E-state index < -0.39 is 22.0 Å². The second-order valence-corrected chi connectivity index (χ2v) is 8.09. The minimum atomic E-state index is -3.55. The zero-order valence-corrected chi connectivity index (χ0v) is 15.3. The Hall–Kier alpha value is -2.22. The molecule has 0 aliphatic rings. The Balaban J connectivity index is 0.000000316. The number of sulfonamides is 1. The molecule has 0 spiro atoms. The number of carbonyl (C=O) groups is 1. The third kappa shape index (κ3) is 6.30. The molecule has 3 rings (SSSR count). The summed E-state index contributed by atoms with van der Waals surface area (Å²) in [6, 6.07) is 18.5. The molecule has 0 fully saturated rings. The molecule has 132 valence electrons. The lowest BCUT2D eigenvalue weighted by molar-refractivity contribution is -0.138. The van der Waals surface area contributed by atoms with Crippen LogP contribution in [0.15, 0.2) is 66.0 Å². The Morgan fingerprint density at radius 3 is 2.16 bits per heavy atom. The second kappa shape index (κ2) is 8.75. The molecule has 2 aromatic carbocycles. The summed E-state index contributed by atoms with van der Waals surface area (Å²) in [7, 11) is -3.55. The molecule has 1 heterocycles. The number of nitrogens with one attached hydrogen (secondary N) is 1. The molecule has 0 aliphatic heterocycles. The summed E-state index contributed by atoms with van der Waals surface area (Å²) in [6.07, 6.45) is 1.08. The summed E-state index contributed by atoms with van der Waals surface area (Å²) in [5, 5.41) is 11.9. The minimum Gasteiger partial charge on any atom is -0.480 e. The van der Waals surface area contributed by atoms with Crippen LogP contribution in [0.3, 0.4) is 0 Å². The van der Waals surface area contributed by atoms with E-state index in [1.165, 1.54) is 11.3 Å². The molecule has 0 saturated carbocycles. The highest BCUT2D eigenvalue weighted by molar-refractivity contribution is 7.88. The molecule has 1 atom stereocenters. The van der Waals surface area contributed by atoms with Crippen LogP contribution in [0.1, 0.15) is 5.56 Å². The normalized spacial score (nSPS) is 12.2. The Morgan fingerprint density at radius 2 is 1.64 bits per heavy atom. The number of aliphatic carboxylic acids is 1. The highest BCUT2D eigenvalue weighted by Crippen LogP contribution is 2.26. The summed E-state index contributed by atoms with van der Waals surface area (Å²) in [5.74, 6) is -1.18. The van der Waals surface area contributed by atoms with Crippen molar-refractivity contribution < 1.29 is 18.3 Å². The van der Waals surface area contributed by atoms with Crippen LogP contribution in [0.2, 0.25) is 0 Å². The van der Waals surface area contributed by atoms with Crippen molar-refractivity contribution in [1.82, 2.24) is 4.72 Å². The predicted octanol–water partition coefficient (Wildman–Crippen LogP) is 3.13. The Kier molecular flexibility index (Phi) is 6.69. The fourth-order valence-electron chi connectivity index (χ4n) is 2.23. The third-order valence-electron chi connectivity index (χ3n) is 3.31. The van der Waals surface area contributed by atoms with Crippen LogP contribution in [0.5, 0.6) is 0 Å². The van der Waals surface area contributed by atoms with Gasteiger partial charge in [0.1, 0.15) is 6.04 Å². The first-order valence-corrected chi connectivity index (χ1v) is 10.3. The van der Waals surface area contributed by atoms with E-state index in [1.54, 1.807) is 0 Å². The van der Waals surface area contributed by atoms with E-state index in [0.717, 1.165) is 21.9 Å². The lowest BCUT2D eigenvalue weighted by atomic mass is 10.1. The lowest BCUT2D eigenvalue weighted by Gasteiger charge is -2.12. The minimum absolute atomic E-state index is 0.131. The molecule has 1 unspecified atom stereocenters. The van der Waals surface area contributed by atoms with Crippen LogP contribution in [0, 0.1) is 0 Å². The van der Waals surface area contributed by atoms with E-state index in [0.29, 0.717) is 0 Å². The van der Waals surface area contributed by atoms with Crippen LogP contribution in [0.4, 0.5) is 0 Å². The highest BCUT2D eigenvalue weighted by atomic mass is 32.2. The van der Waals surface area contributed by atoms with E-state index in [-0.39, 0.29) is 6.42 Å². The quantitative estimate of drug-likeness (QED) is 0.715. The third-order valence-corrected chi connectivity index (χ3v) is 5.03. The molecular formula is C18H19NO4S2. The van der Waals surface area contributed by atoms with E-state index >= 15 is 0 Å². The zero-order chi connectivity index (χ0) is 18.3. The number of benzene rings is 2. The van der Waals surface area contributed by atoms with Crippen molar-refractivity contribution in [2.75, 3.05) is 6.26 Å². The van der Waals surface area contributed by atoms with E-state index in [4.69, 9.17) is 5.11 Å². The molecule has 2 N–H and O–H groups in total. The first-order chi connectivity index (χ1) is 11.9. The van der Waals surface area contributed by atoms with Crippen LogP contribution in [-0.4, -0.2) is 31.8 Å². The topological polar surface area (TPSA) is 83.5 Å². The molecular weight excluding hydrogens is 358 g/mol. The van der Waals surface area contributed by atoms with Crippen molar-refractivity contribution in [3.05, 3.63) is 71.6 Å². The van der Waals surface area contributed by atoms with E-state index in [9.17, 15) is 13.2 Å². The highest BCUT2D eigenvalue weighted by Gasteiger charge is 2.22. The van der Waals surface area contributed by atoms with Crippen LogP contribution in [-0.2, 0) is 21.2 Å². The molecule has 0 radical (unpaired) electrons. The number of carboxylic acid groups (broad SMARTS) is 1. The molecule has 5 nitrogen and oxygen atoms in total. The Morgan fingerprint density at radius 1 is 1.08 bits per heavy atom. The van der Waals surface area contributed by atoms with Gasteiger partial charge in [0, 0.05) is 11.1 Å². The Labute approximate surface area is 151 Å². The van der Waals surface area contributed by atoms with Crippen molar-refractivity contribution in [3.63, 3.8) is 0 Å². The maximum absolute atomic E-state index is 11.2. The van der Waals surface area contributed by atoms with Gasteiger partial charge in [-0.1, -0.05) is 54.6 Å². The summed E-state index contributed by atoms with van der Waals surface area (Å²) in [4.78, 5) is 11.1. The maximum Gasteiger partial charge on any atom is 0.322 e. The maximum atomic E-state index is 11.2. The summed E-state index contributed by atoms with van der Waals surface area (Å²) >= 11 is 1.52. The molecule has 1 aromatic heterocycles. The van der Waals surface area contributed by atoms with Gasteiger partial charge < -0.3 is 5.11 Å². The van der Waals surface area contributed by atoms with Crippen LogP contribution >= 0.6 is 11.3 Å². The molecule has 0 aliphatic carbocycles. The monoisotopic (exact) mass is 377 g/mol. The molecule has 0 amide bonds. The van der Waals surface area contributed by atoms with Crippen molar-refractivity contribution >= 4 is 37.4 Å². The van der Waals surface area contributed by atoms with Crippen molar-refractivity contribution in [2.45, 2.75) is 12.5 Å². The zero-order valence-electron chi connectivity index (χ0n) is 13.6. The first-order valence-electron chi connectivity index (χ1n) is 7.52. The summed E-state index contributed by atoms with van der Waals surface area (Å²) in [6.45, 7) is 0. The van der Waals surface area contributed by atoms with Gasteiger partial charge in [-0.05, 0) is 22.4 Å². The van der Waals surface area contributed by atoms with Crippen molar-refractivity contribution in [1.29, 1.82) is 0 Å². The van der Waals surface area contributed by atoms with Crippen LogP contribution < -0.4 is 4.72 Å². The van der Waals surface area contributed by atoms with Gasteiger partial charge in [-0.2, -0.15) is 0 Å². The van der Waals surface area contributed by atoms with E-state index in [2.05, 4.69) is 4.72 Å². The lowest BCUT2D eigenvalue weighted by Crippen LogP contribution is -2.41. The molecule has 0 saturated heterocycles. The van der Waals surface area contributed by atoms with E-state index in [1.807, 2.05) is 66.0 Å². The molecule has 25 heavy (non-hydrogen) atoms. The van der Waals surface area contributed by atoms with Gasteiger partial charge >= 0.3 is 5.97 Å². The fourth-order valence-corrected chi connectivity index (χ4v) is 3.91. The summed E-state index contributed by atoms with van der Waals surface area (Å²) in [5.41, 5.74) is 0.837. The predicted molar refractivity (Wildman–Crippen MR) is 101 cm³/mol. The van der Waals surface area contributed by atoms with Gasteiger partial charge in [0.2, 0.25) is 10.0 Å². The van der Waals surface area contributed by atoms with Crippen molar-refractivity contribution in [3.8, 4) is 0 Å². The van der Waals surface area contributed by atoms with Gasteiger partial charge in [-0.25, -0.2) is 13.1 Å². The van der Waals surface area contributed by atoms with Crippen LogP contribution in [0.25, 0.3) is 10.1 Å².